The quantitative estimate of drug-likeness (QED) is 0.760. The summed E-state index contributed by atoms with van der Waals surface area (Å²) in [6, 6.07) is 8.42. The largest absolute Gasteiger partial charge is 0.483 e. The molecule has 3 nitrogen and oxygen atoms in total. The molecule has 0 aromatic heterocycles. The van der Waals surface area contributed by atoms with E-state index in [9.17, 15) is 4.79 Å². The normalized spacial score (nSPS) is 23.2. The maximum Gasteiger partial charge on any atom is 0.260 e. The van der Waals surface area contributed by atoms with Crippen LogP contribution in [-0.2, 0) is 4.79 Å². The van der Waals surface area contributed by atoms with Gasteiger partial charge in [-0.05, 0) is 67.8 Å². The number of carbonyl (C=O) groups is 1. The molecule has 1 fully saturated rings. The van der Waals surface area contributed by atoms with Gasteiger partial charge in [-0.25, -0.2) is 0 Å². The number of likely N-dealkylation sites (tertiary alicyclic amines) is 1. The zero-order chi connectivity index (χ0) is 13.8. The molecular weight excluding hydrogens is 353 g/mol. The predicted molar refractivity (Wildman–Crippen MR) is 84.3 cm³/mol. The first kappa shape index (κ1) is 14.6. The van der Waals surface area contributed by atoms with Crippen LogP contribution in [0, 0.1) is 3.57 Å². The van der Waals surface area contributed by atoms with Gasteiger partial charge in [-0.15, -0.1) is 0 Å². The van der Waals surface area contributed by atoms with Crippen LogP contribution in [0.2, 0.25) is 0 Å². The first-order valence-electron chi connectivity index (χ1n) is 6.78. The van der Waals surface area contributed by atoms with E-state index in [1.165, 1.54) is 6.42 Å². The first-order valence-corrected chi connectivity index (χ1v) is 7.86. The molecule has 1 heterocycles. The first-order chi connectivity index (χ1) is 9.09. The predicted octanol–water partition coefficient (Wildman–Crippen LogP) is 3.46. The molecule has 1 saturated heterocycles. The molecule has 2 atom stereocenters. The van der Waals surface area contributed by atoms with Crippen molar-refractivity contribution in [1.82, 2.24) is 4.90 Å². The maximum absolute atomic E-state index is 12.3. The van der Waals surface area contributed by atoms with Gasteiger partial charge in [0.25, 0.3) is 5.91 Å². The van der Waals surface area contributed by atoms with E-state index in [-0.39, 0.29) is 12.5 Å². The van der Waals surface area contributed by atoms with Crippen molar-refractivity contribution in [2.45, 2.75) is 45.2 Å². The number of para-hydroxylation sites is 1. The Labute approximate surface area is 128 Å². The molecule has 0 spiro atoms. The summed E-state index contributed by atoms with van der Waals surface area (Å²) in [6.07, 6.45) is 3.40. The molecule has 2 unspecified atom stereocenters. The lowest BCUT2D eigenvalue weighted by molar-refractivity contribution is -0.139. The van der Waals surface area contributed by atoms with E-state index in [1.54, 1.807) is 0 Å². The van der Waals surface area contributed by atoms with E-state index in [1.807, 2.05) is 29.2 Å². The van der Waals surface area contributed by atoms with Crippen molar-refractivity contribution < 1.29 is 9.53 Å². The fraction of sp³-hybridized carbons (Fsp3) is 0.533. The Balaban J connectivity index is 1.95. The van der Waals surface area contributed by atoms with Crippen LogP contribution in [0.3, 0.4) is 0 Å². The van der Waals surface area contributed by atoms with Crippen LogP contribution >= 0.6 is 22.6 Å². The van der Waals surface area contributed by atoms with Crippen molar-refractivity contribution in [3.8, 4) is 5.75 Å². The summed E-state index contributed by atoms with van der Waals surface area (Å²) >= 11 is 2.22. The van der Waals surface area contributed by atoms with Gasteiger partial charge in [0.15, 0.2) is 6.61 Å². The third-order valence-corrected chi connectivity index (χ3v) is 4.56. The van der Waals surface area contributed by atoms with E-state index in [2.05, 4.69) is 36.4 Å². The summed E-state index contributed by atoms with van der Waals surface area (Å²) in [6.45, 7) is 4.38. The minimum atomic E-state index is 0.0966. The topological polar surface area (TPSA) is 29.5 Å². The van der Waals surface area contributed by atoms with Crippen LogP contribution in [0.15, 0.2) is 24.3 Å². The maximum atomic E-state index is 12.3. The molecule has 2 rings (SSSR count). The van der Waals surface area contributed by atoms with Crippen molar-refractivity contribution in [1.29, 1.82) is 0 Å². The molecule has 0 N–H and O–H groups in total. The molecule has 0 radical (unpaired) electrons. The average molecular weight is 373 g/mol. The number of ether oxygens (including phenoxy) is 1. The second-order valence-corrected chi connectivity index (χ2v) is 6.31. The molecular formula is C15H20INO2. The number of piperidine rings is 1. The molecule has 0 aliphatic carbocycles. The van der Waals surface area contributed by atoms with Crippen LogP contribution in [0.25, 0.3) is 0 Å². The Morgan fingerprint density at radius 2 is 1.95 bits per heavy atom. The Bertz CT molecular complexity index is 440. The molecule has 1 amide bonds. The summed E-state index contributed by atoms with van der Waals surface area (Å²) in [7, 11) is 0. The Morgan fingerprint density at radius 3 is 2.58 bits per heavy atom. The number of amides is 1. The van der Waals surface area contributed by atoms with Crippen molar-refractivity contribution in [2.24, 2.45) is 0 Å². The summed E-state index contributed by atoms with van der Waals surface area (Å²) in [4.78, 5) is 14.3. The van der Waals surface area contributed by atoms with Gasteiger partial charge in [0.05, 0.1) is 3.57 Å². The van der Waals surface area contributed by atoms with Crippen molar-refractivity contribution in [3.63, 3.8) is 0 Å². The van der Waals surface area contributed by atoms with Gasteiger partial charge in [0.2, 0.25) is 0 Å². The summed E-state index contributed by atoms with van der Waals surface area (Å²) in [5.41, 5.74) is 0. The summed E-state index contributed by atoms with van der Waals surface area (Å²) in [5.74, 6) is 0.883. The van der Waals surface area contributed by atoms with Gasteiger partial charge >= 0.3 is 0 Å². The molecule has 19 heavy (non-hydrogen) atoms. The fourth-order valence-electron chi connectivity index (χ4n) is 2.69. The van der Waals surface area contributed by atoms with Gasteiger partial charge in [0, 0.05) is 12.1 Å². The lowest BCUT2D eigenvalue weighted by atomic mass is 9.97. The zero-order valence-electron chi connectivity index (χ0n) is 11.4. The van der Waals surface area contributed by atoms with Gasteiger partial charge < -0.3 is 9.64 Å². The minimum Gasteiger partial charge on any atom is -0.483 e. The molecule has 1 aliphatic heterocycles. The summed E-state index contributed by atoms with van der Waals surface area (Å²) < 4.78 is 6.68. The number of rotatable bonds is 3. The van der Waals surface area contributed by atoms with Gasteiger partial charge in [-0.2, -0.15) is 0 Å². The Hall–Kier alpha value is -0.780. The van der Waals surface area contributed by atoms with Crippen LogP contribution in [0.5, 0.6) is 5.75 Å². The van der Waals surface area contributed by atoms with Crippen LogP contribution in [0.1, 0.15) is 33.1 Å². The van der Waals surface area contributed by atoms with Crippen molar-refractivity contribution in [2.75, 3.05) is 6.61 Å². The second-order valence-electron chi connectivity index (χ2n) is 5.15. The van der Waals surface area contributed by atoms with Gasteiger partial charge in [-0.1, -0.05) is 12.1 Å². The molecule has 1 aromatic carbocycles. The average Bonchev–Trinajstić information content (AvgIpc) is 2.37. The van der Waals surface area contributed by atoms with Gasteiger partial charge in [-0.3, -0.25) is 4.79 Å². The minimum absolute atomic E-state index is 0.0966. The van der Waals surface area contributed by atoms with E-state index >= 15 is 0 Å². The van der Waals surface area contributed by atoms with Crippen LogP contribution in [-0.4, -0.2) is 29.5 Å². The highest BCUT2D eigenvalue weighted by Crippen LogP contribution is 2.23. The third-order valence-electron chi connectivity index (χ3n) is 3.67. The lowest BCUT2D eigenvalue weighted by Crippen LogP contribution is -2.49. The van der Waals surface area contributed by atoms with Crippen LogP contribution in [0.4, 0.5) is 0 Å². The smallest absolute Gasteiger partial charge is 0.260 e. The summed E-state index contributed by atoms with van der Waals surface area (Å²) in [5, 5.41) is 0. The number of carbonyl (C=O) groups excluding carboxylic acids is 1. The standard InChI is InChI=1S/C15H20INO2/c1-11-6-5-7-12(2)17(11)15(18)10-19-14-9-4-3-8-13(14)16/h3-4,8-9,11-12H,5-7,10H2,1-2H3. The number of hydrogen-bond acceptors (Lipinski definition) is 2. The van der Waals surface area contributed by atoms with Crippen molar-refractivity contribution >= 4 is 28.5 Å². The highest BCUT2D eigenvalue weighted by molar-refractivity contribution is 14.1. The molecule has 1 aromatic rings. The van der Waals surface area contributed by atoms with Gasteiger partial charge in [0.1, 0.15) is 5.75 Å². The molecule has 1 aliphatic rings. The number of nitrogens with zero attached hydrogens (tertiary/aromatic N) is 1. The molecule has 4 heteroatoms. The van der Waals surface area contributed by atoms with E-state index < -0.39 is 0 Å². The second kappa shape index (κ2) is 6.59. The number of hydrogen-bond donors (Lipinski definition) is 0. The highest BCUT2D eigenvalue weighted by atomic mass is 127. The van der Waals surface area contributed by atoms with Crippen molar-refractivity contribution in [3.05, 3.63) is 27.8 Å². The van der Waals surface area contributed by atoms with E-state index in [4.69, 9.17) is 4.74 Å². The highest BCUT2D eigenvalue weighted by Gasteiger charge is 2.28. The van der Waals surface area contributed by atoms with E-state index in [0.717, 1.165) is 22.2 Å². The zero-order valence-corrected chi connectivity index (χ0v) is 13.6. The lowest BCUT2D eigenvalue weighted by Gasteiger charge is -2.39. The van der Waals surface area contributed by atoms with E-state index in [0.29, 0.717) is 12.1 Å². The Morgan fingerprint density at radius 1 is 1.32 bits per heavy atom. The third kappa shape index (κ3) is 3.61. The van der Waals surface area contributed by atoms with Crippen LogP contribution < -0.4 is 4.74 Å². The SMILES string of the molecule is CC1CCCC(C)N1C(=O)COc1ccccc1I. The fourth-order valence-corrected chi connectivity index (χ4v) is 3.23. The monoisotopic (exact) mass is 373 g/mol. The Kier molecular flexibility index (Phi) is 5.07. The molecule has 0 saturated carbocycles. The molecule has 0 bridgehead atoms. The number of halogens is 1. The molecule has 104 valence electrons. The number of benzene rings is 1.